The van der Waals surface area contributed by atoms with Crippen molar-refractivity contribution in [3.63, 3.8) is 0 Å². The fourth-order valence-electron chi connectivity index (χ4n) is 0.653. The molecule has 0 aromatic carbocycles. The van der Waals surface area contributed by atoms with Crippen molar-refractivity contribution in [1.29, 1.82) is 0 Å². The summed E-state index contributed by atoms with van der Waals surface area (Å²) in [6.45, 7) is 4.83. The minimum Gasteiger partial charge on any atom is -0.329 e. The van der Waals surface area contributed by atoms with E-state index < -0.39 is 7.37 Å². The third-order valence-electron chi connectivity index (χ3n) is 1.17. The van der Waals surface area contributed by atoms with Crippen molar-refractivity contribution in [3.8, 4) is 0 Å². The Labute approximate surface area is 62.6 Å². The van der Waals surface area contributed by atoms with E-state index in [0.717, 1.165) is 6.54 Å². The maximum Gasteiger partial charge on any atom is 0.201 e. The van der Waals surface area contributed by atoms with Gasteiger partial charge >= 0.3 is 0 Å². The first-order chi connectivity index (χ1) is 4.62. The van der Waals surface area contributed by atoms with Gasteiger partial charge in [0, 0.05) is 19.4 Å². The smallest absolute Gasteiger partial charge is 0.201 e. The molecule has 0 amide bonds. The van der Waals surface area contributed by atoms with Gasteiger partial charge in [0.15, 0.2) is 0 Å². The first-order valence-electron chi connectivity index (χ1n) is 3.48. The molecule has 0 aliphatic heterocycles. The zero-order valence-electron chi connectivity index (χ0n) is 6.89. The van der Waals surface area contributed by atoms with Crippen molar-refractivity contribution in [2.24, 2.45) is 0 Å². The van der Waals surface area contributed by atoms with Crippen molar-refractivity contribution in [1.82, 2.24) is 5.32 Å². The average molecular weight is 165 g/mol. The minimum absolute atomic E-state index is 0.539. The molecule has 0 aromatic rings. The number of rotatable bonds is 5. The van der Waals surface area contributed by atoms with Crippen LogP contribution in [0.2, 0.25) is 0 Å². The fraction of sp³-hybridized carbons (Fsp3) is 1.00. The Balaban J connectivity index is 3.53. The second-order valence-electron chi connectivity index (χ2n) is 2.26. The first kappa shape index (κ1) is 10.2. The molecule has 0 bridgehead atoms. The third-order valence-corrected chi connectivity index (χ3v) is 3.01. The Morgan fingerprint density at radius 3 is 2.60 bits per heavy atom. The summed E-state index contributed by atoms with van der Waals surface area (Å²) >= 11 is 0. The maximum absolute atomic E-state index is 11.3. The summed E-state index contributed by atoms with van der Waals surface area (Å²) in [7, 11) is -0.432. The molecule has 0 radical (unpaired) electrons. The predicted octanol–water partition coefficient (Wildman–Crippen LogP) is 1.15. The van der Waals surface area contributed by atoms with E-state index in [-0.39, 0.29) is 0 Å². The number of hydrogen-bond acceptors (Lipinski definition) is 3. The van der Waals surface area contributed by atoms with Gasteiger partial charge in [-0.15, -0.1) is 0 Å². The van der Waals surface area contributed by atoms with E-state index in [9.17, 15) is 4.57 Å². The van der Waals surface area contributed by atoms with Crippen molar-refractivity contribution >= 4 is 7.37 Å². The van der Waals surface area contributed by atoms with Gasteiger partial charge in [-0.1, -0.05) is 0 Å². The molecule has 0 fully saturated rings. The SMILES string of the molecule is CCOP(C)(=O)CCNC. The van der Waals surface area contributed by atoms with Crippen LogP contribution >= 0.6 is 7.37 Å². The first-order valence-corrected chi connectivity index (χ1v) is 5.74. The Kier molecular flexibility index (Phi) is 4.96. The summed E-state index contributed by atoms with van der Waals surface area (Å²) < 4.78 is 16.4. The lowest BCUT2D eigenvalue weighted by Gasteiger charge is -2.11. The van der Waals surface area contributed by atoms with Crippen LogP contribution in [0.3, 0.4) is 0 Å². The lowest BCUT2D eigenvalue weighted by Crippen LogP contribution is -2.12. The molecule has 3 nitrogen and oxygen atoms in total. The zero-order chi connectivity index (χ0) is 8.04. The number of hydrogen-bond donors (Lipinski definition) is 1. The van der Waals surface area contributed by atoms with Gasteiger partial charge in [0.25, 0.3) is 0 Å². The normalized spacial score (nSPS) is 16.7. The molecular weight excluding hydrogens is 149 g/mol. The number of nitrogens with one attached hydrogen (secondary N) is 1. The van der Waals surface area contributed by atoms with E-state index in [2.05, 4.69) is 5.32 Å². The van der Waals surface area contributed by atoms with E-state index >= 15 is 0 Å². The highest BCUT2D eigenvalue weighted by atomic mass is 31.2. The van der Waals surface area contributed by atoms with Gasteiger partial charge in [-0.05, 0) is 14.0 Å². The van der Waals surface area contributed by atoms with Crippen molar-refractivity contribution in [2.75, 3.05) is 33.0 Å². The summed E-state index contributed by atoms with van der Waals surface area (Å²) in [5, 5.41) is 2.93. The molecule has 0 aliphatic rings. The molecule has 4 heteroatoms. The summed E-state index contributed by atoms with van der Waals surface area (Å²) in [5.74, 6) is 0. The van der Waals surface area contributed by atoms with Crippen LogP contribution in [0, 0.1) is 0 Å². The second kappa shape index (κ2) is 4.89. The van der Waals surface area contributed by atoms with E-state index in [4.69, 9.17) is 4.52 Å². The van der Waals surface area contributed by atoms with Crippen LogP contribution in [0.5, 0.6) is 0 Å². The Morgan fingerprint density at radius 1 is 1.60 bits per heavy atom. The van der Waals surface area contributed by atoms with Crippen LogP contribution in [0.1, 0.15) is 6.92 Å². The molecule has 1 atom stereocenters. The second-order valence-corrected chi connectivity index (χ2v) is 4.99. The van der Waals surface area contributed by atoms with Crippen molar-refractivity contribution < 1.29 is 9.09 Å². The van der Waals surface area contributed by atoms with Gasteiger partial charge in [0.05, 0.1) is 6.61 Å². The lowest BCUT2D eigenvalue weighted by atomic mass is 10.8. The van der Waals surface area contributed by atoms with Crippen LogP contribution in [-0.4, -0.2) is 33.0 Å². The van der Waals surface area contributed by atoms with Crippen LogP contribution in [-0.2, 0) is 9.09 Å². The molecule has 0 spiro atoms. The van der Waals surface area contributed by atoms with Gasteiger partial charge < -0.3 is 9.84 Å². The summed E-state index contributed by atoms with van der Waals surface area (Å²) in [4.78, 5) is 0. The lowest BCUT2D eigenvalue weighted by molar-refractivity contribution is 0.337. The molecule has 0 saturated carbocycles. The molecule has 0 saturated heterocycles. The van der Waals surface area contributed by atoms with Gasteiger partial charge in [0.1, 0.15) is 0 Å². The molecule has 0 aromatic heterocycles. The van der Waals surface area contributed by atoms with E-state index in [1.54, 1.807) is 6.66 Å². The van der Waals surface area contributed by atoms with E-state index in [1.165, 1.54) is 0 Å². The molecule has 62 valence electrons. The highest BCUT2D eigenvalue weighted by Crippen LogP contribution is 2.41. The monoisotopic (exact) mass is 165 g/mol. The molecule has 1 N–H and O–H groups in total. The van der Waals surface area contributed by atoms with Crippen molar-refractivity contribution in [2.45, 2.75) is 6.92 Å². The van der Waals surface area contributed by atoms with Gasteiger partial charge in [-0.2, -0.15) is 0 Å². The molecular formula is C6H16NO2P. The molecule has 1 unspecified atom stereocenters. The molecule has 0 heterocycles. The summed E-state index contributed by atoms with van der Waals surface area (Å²) in [5.41, 5.74) is 0. The largest absolute Gasteiger partial charge is 0.329 e. The van der Waals surface area contributed by atoms with Crippen LogP contribution in [0.15, 0.2) is 0 Å². The Morgan fingerprint density at radius 2 is 2.20 bits per heavy atom. The molecule has 10 heavy (non-hydrogen) atoms. The quantitative estimate of drug-likeness (QED) is 0.621. The van der Waals surface area contributed by atoms with Gasteiger partial charge in [0.2, 0.25) is 7.37 Å². The van der Waals surface area contributed by atoms with E-state index in [1.807, 2.05) is 14.0 Å². The molecule has 0 aliphatic carbocycles. The topological polar surface area (TPSA) is 38.3 Å². The predicted molar refractivity (Wildman–Crippen MR) is 44.0 cm³/mol. The van der Waals surface area contributed by atoms with Crippen LogP contribution in [0.25, 0.3) is 0 Å². The average Bonchev–Trinajstić information content (AvgIpc) is 1.84. The fourth-order valence-corrected chi connectivity index (χ4v) is 1.96. The summed E-state index contributed by atoms with van der Waals surface area (Å²) in [6, 6.07) is 0. The zero-order valence-corrected chi connectivity index (χ0v) is 7.78. The third kappa shape index (κ3) is 4.98. The highest BCUT2D eigenvalue weighted by molar-refractivity contribution is 7.58. The van der Waals surface area contributed by atoms with E-state index in [0.29, 0.717) is 12.8 Å². The van der Waals surface area contributed by atoms with Crippen molar-refractivity contribution in [3.05, 3.63) is 0 Å². The Hall–Kier alpha value is 0.150. The Bertz CT molecular complexity index is 127. The van der Waals surface area contributed by atoms with Crippen LogP contribution in [0.4, 0.5) is 0 Å². The standard InChI is InChI=1S/C6H16NO2P/c1-4-9-10(3,8)6-5-7-2/h7H,4-6H2,1-3H3. The summed E-state index contributed by atoms with van der Waals surface area (Å²) in [6.07, 6.45) is 0.622. The van der Waals surface area contributed by atoms with Gasteiger partial charge in [-0.3, -0.25) is 4.57 Å². The minimum atomic E-state index is -2.27. The highest BCUT2D eigenvalue weighted by Gasteiger charge is 2.12. The maximum atomic E-state index is 11.3. The molecule has 0 rings (SSSR count). The van der Waals surface area contributed by atoms with Crippen LogP contribution < -0.4 is 5.32 Å². The van der Waals surface area contributed by atoms with Gasteiger partial charge in [-0.25, -0.2) is 0 Å².